The van der Waals surface area contributed by atoms with Gasteiger partial charge in [-0.25, -0.2) is 8.42 Å². The molecule has 1 heterocycles. The lowest BCUT2D eigenvalue weighted by atomic mass is 9.95. The molecule has 1 aliphatic heterocycles. The van der Waals surface area contributed by atoms with E-state index in [-0.39, 0.29) is 48.2 Å². The van der Waals surface area contributed by atoms with Crippen LogP contribution in [0, 0.1) is 11.8 Å². The van der Waals surface area contributed by atoms with Crippen molar-refractivity contribution in [3.63, 3.8) is 0 Å². The van der Waals surface area contributed by atoms with Gasteiger partial charge in [0.05, 0.1) is 11.5 Å². The largest absolute Gasteiger partial charge is 0.353 e. The van der Waals surface area contributed by atoms with Gasteiger partial charge < -0.3 is 10.6 Å². The third kappa shape index (κ3) is 7.45. The van der Waals surface area contributed by atoms with E-state index in [1.165, 1.54) is 0 Å². The van der Waals surface area contributed by atoms with E-state index >= 15 is 0 Å². The second-order valence-electron chi connectivity index (χ2n) is 5.90. The SMILES string of the molecule is CC(C)CS(=O)(=O)CCC(=O)NC1CCNCC1C.Cl. The lowest BCUT2D eigenvalue weighted by Gasteiger charge is -2.30. The topological polar surface area (TPSA) is 75.3 Å². The first-order valence-electron chi connectivity index (χ1n) is 7.00. The van der Waals surface area contributed by atoms with Crippen molar-refractivity contribution in [2.45, 2.75) is 39.7 Å². The Morgan fingerprint density at radius 2 is 2.05 bits per heavy atom. The number of piperidine rings is 1. The summed E-state index contributed by atoms with van der Waals surface area (Å²) in [5.74, 6) is 0.467. The van der Waals surface area contributed by atoms with Crippen molar-refractivity contribution in [2.24, 2.45) is 11.8 Å². The normalized spacial score (nSPS) is 23.2. The van der Waals surface area contributed by atoms with Crippen LogP contribution in [0.2, 0.25) is 0 Å². The Balaban J connectivity index is 0.00000361. The molecular formula is C13H27ClN2O3S. The van der Waals surface area contributed by atoms with Gasteiger partial charge in [0.25, 0.3) is 0 Å². The van der Waals surface area contributed by atoms with Crippen LogP contribution in [0.4, 0.5) is 0 Å². The second-order valence-corrected chi connectivity index (χ2v) is 8.13. The van der Waals surface area contributed by atoms with E-state index in [0.717, 1.165) is 19.5 Å². The Bertz CT molecular complexity index is 398. The summed E-state index contributed by atoms with van der Waals surface area (Å²) in [5, 5.41) is 6.22. The zero-order chi connectivity index (χ0) is 14.5. The molecule has 1 fully saturated rings. The molecule has 0 saturated carbocycles. The highest BCUT2D eigenvalue weighted by atomic mass is 35.5. The summed E-state index contributed by atoms with van der Waals surface area (Å²) in [6.45, 7) is 7.63. The van der Waals surface area contributed by atoms with E-state index in [9.17, 15) is 13.2 Å². The Morgan fingerprint density at radius 1 is 1.40 bits per heavy atom. The molecule has 20 heavy (non-hydrogen) atoms. The average molecular weight is 327 g/mol. The van der Waals surface area contributed by atoms with Gasteiger partial charge in [-0.05, 0) is 31.3 Å². The summed E-state index contributed by atoms with van der Waals surface area (Å²) in [6.07, 6.45) is 0.983. The number of rotatable bonds is 6. The van der Waals surface area contributed by atoms with Crippen molar-refractivity contribution < 1.29 is 13.2 Å². The van der Waals surface area contributed by atoms with E-state index in [1.807, 2.05) is 13.8 Å². The number of halogens is 1. The summed E-state index contributed by atoms with van der Waals surface area (Å²) >= 11 is 0. The average Bonchev–Trinajstić information content (AvgIpc) is 2.28. The highest BCUT2D eigenvalue weighted by Crippen LogP contribution is 2.10. The van der Waals surface area contributed by atoms with Crippen molar-refractivity contribution in [1.29, 1.82) is 0 Å². The number of carbonyl (C=O) groups is 1. The van der Waals surface area contributed by atoms with Crippen molar-refractivity contribution in [3.8, 4) is 0 Å². The monoisotopic (exact) mass is 326 g/mol. The van der Waals surface area contributed by atoms with Gasteiger partial charge >= 0.3 is 0 Å². The molecule has 5 nitrogen and oxygen atoms in total. The number of hydrogen-bond acceptors (Lipinski definition) is 4. The van der Waals surface area contributed by atoms with Crippen molar-refractivity contribution in [2.75, 3.05) is 24.6 Å². The highest BCUT2D eigenvalue weighted by Gasteiger charge is 2.23. The first-order valence-corrected chi connectivity index (χ1v) is 8.83. The molecule has 1 rings (SSSR count). The zero-order valence-electron chi connectivity index (χ0n) is 12.5. The van der Waals surface area contributed by atoms with E-state index in [4.69, 9.17) is 0 Å². The van der Waals surface area contributed by atoms with Gasteiger partial charge in [0.15, 0.2) is 9.84 Å². The maximum Gasteiger partial charge on any atom is 0.221 e. The lowest BCUT2D eigenvalue weighted by Crippen LogP contribution is -2.48. The summed E-state index contributed by atoms with van der Waals surface area (Å²) in [4.78, 5) is 11.8. The summed E-state index contributed by atoms with van der Waals surface area (Å²) in [7, 11) is -3.10. The van der Waals surface area contributed by atoms with Crippen LogP contribution in [0.3, 0.4) is 0 Å². The smallest absolute Gasteiger partial charge is 0.221 e. The van der Waals surface area contributed by atoms with Crippen LogP contribution < -0.4 is 10.6 Å². The minimum absolute atomic E-state index is 0. The van der Waals surface area contributed by atoms with Gasteiger partial charge in [-0.15, -0.1) is 12.4 Å². The Hall–Kier alpha value is -0.330. The first-order chi connectivity index (χ1) is 8.80. The summed E-state index contributed by atoms with van der Waals surface area (Å²) in [6, 6.07) is 0.168. The number of nitrogens with one attached hydrogen (secondary N) is 2. The lowest BCUT2D eigenvalue weighted by molar-refractivity contribution is -0.121. The molecular weight excluding hydrogens is 300 g/mol. The van der Waals surface area contributed by atoms with Crippen molar-refractivity contribution in [3.05, 3.63) is 0 Å². The second kappa shape index (κ2) is 8.85. The Kier molecular flexibility index (Phi) is 8.70. The standard InChI is InChI=1S/C13H26N2O3S.ClH/c1-10(2)9-19(17,18)7-5-13(16)15-12-4-6-14-8-11(12)3;/h10-12,14H,4-9H2,1-3H3,(H,15,16);1H. The van der Waals surface area contributed by atoms with E-state index in [2.05, 4.69) is 17.6 Å². The van der Waals surface area contributed by atoms with Gasteiger partial charge in [-0.2, -0.15) is 0 Å². The van der Waals surface area contributed by atoms with Crippen LogP contribution >= 0.6 is 12.4 Å². The number of amides is 1. The molecule has 1 aliphatic rings. The molecule has 2 unspecified atom stereocenters. The van der Waals surface area contributed by atoms with Crippen LogP contribution in [-0.2, 0) is 14.6 Å². The molecule has 0 radical (unpaired) electrons. The van der Waals surface area contributed by atoms with E-state index < -0.39 is 9.84 Å². The molecule has 0 spiro atoms. The maximum atomic E-state index is 11.8. The van der Waals surface area contributed by atoms with Crippen molar-refractivity contribution in [1.82, 2.24) is 10.6 Å². The first kappa shape index (κ1) is 19.7. The van der Waals surface area contributed by atoms with Gasteiger partial charge in [0.2, 0.25) is 5.91 Å². The van der Waals surface area contributed by atoms with Crippen LogP contribution in [-0.4, -0.2) is 45.0 Å². The van der Waals surface area contributed by atoms with E-state index in [1.54, 1.807) is 0 Å². The molecule has 0 aliphatic carbocycles. The molecule has 1 amide bonds. The molecule has 0 aromatic heterocycles. The number of sulfone groups is 1. The fraction of sp³-hybridized carbons (Fsp3) is 0.923. The van der Waals surface area contributed by atoms with Gasteiger partial charge in [0.1, 0.15) is 0 Å². The third-order valence-corrected chi connectivity index (χ3v) is 5.36. The highest BCUT2D eigenvalue weighted by molar-refractivity contribution is 7.91. The Morgan fingerprint density at radius 3 is 2.60 bits per heavy atom. The number of carbonyl (C=O) groups excluding carboxylic acids is 1. The molecule has 7 heteroatoms. The van der Waals surface area contributed by atoms with Crippen LogP contribution in [0.5, 0.6) is 0 Å². The maximum absolute atomic E-state index is 11.8. The third-order valence-electron chi connectivity index (χ3n) is 3.36. The molecule has 120 valence electrons. The van der Waals surface area contributed by atoms with Gasteiger partial charge in [-0.1, -0.05) is 20.8 Å². The fourth-order valence-electron chi connectivity index (χ4n) is 2.35. The summed E-state index contributed by atoms with van der Waals surface area (Å²) in [5.41, 5.74) is 0. The quantitative estimate of drug-likeness (QED) is 0.763. The molecule has 0 bridgehead atoms. The number of hydrogen-bond donors (Lipinski definition) is 2. The molecule has 0 aromatic rings. The predicted molar refractivity (Wildman–Crippen MR) is 83.9 cm³/mol. The minimum Gasteiger partial charge on any atom is -0.353 e. The van der Waals surface area contributed by atoms with Gasteiger partial charge in [0, 0.05) is 12.5 Å². The van der Waals surface area contributed by atoms with Crippen LogP contribution in [0.15, 0.2) is 0 Å². The van der Waals surface area contributed by atoms with Crippen LogP contribution in [0.25, 0.3) is 0 Å². The van der Waals surface area contributed by atoms with Crippen molar-refractivity contribution >= 4 is 28.2 Å². The summed E-state index contributed by atoms with van der Waals surface area (Å²) < 4.78 is 23.4. The van der Waals surface area contributed by atoms with Crippen LogP contribution in [0.1, 0.15) is 33.6 Å². The van der Waals surface area contributed by atoms with E-state index in [0.29, 0.717) is 5.92 Å². The molecule has 2 atom stereocenters. The minimum atomic E-state index is -3.10. The zero-order valence-corrected chi connectivity index (χ0v) is 14.1. The predicted octanol–water partition coefficient (Wildman–Crippen LogP) is 0.983. The fourth-order valence-corrected chi connectivity index (χ4v) is 4.03. The molecule has 0 aromatic carbocycles. The molecule has 2 N–H and O–H groups in total. The molecule has 1 saturated heterocycles. The van der Waals surface area contributed by atoms with Gasteiger partial charge in [-0.3, -0.25) is 4.79 Å². The Labute approximate surface area is 128 Å².